The van der Waals surface area contributed by atoms with Crippen LogP contribution in [0.2, 0.25) is 0 Å². The minimum Gasteiger partial charge on any atom is -0.473 e. The molecule has 0 aromatic heterocycles. The van der Waals surface area contributed by atoms with E-state index in [-0.39, 0.29) is 0 Å². The van der Waals surface area contributed by atoms with E-state index >= 15 is 0 Å². The van der Waals surface area contributed by atoms with Gasteiger partial charge in [-0.15, -0.1) is 0 Å². The molecule has 1 aliphatic heterocycles. The summed E-state index contributed by atoms with van der Waals surface area (Å²) in [6.07, 6.45) is 1.26. The number of benzene rings is 1. The Hall–Kier alpha value is -1.92. The average Bonchev–Trinajstić information content (AvgIpc) is 2.56. The summed E-state index contributed by atoms with van der Waals surface area (Å²) in [4.78, 5) is 23.4. The zero-order valence-corrected chi connectivity index (χ0v) is 13.8. The van der Waals surface area contributed by atoms with E-state index in [9.17, 15) is 0 Å². The highest BCUT2D eigenvalue weighted by molar-refractivity contribution is 6.27. The lowest BCUT2D eigenvalue weighted by molar-refractivity contribution is -0.159. The molecule has 23 heavy (non-hydrogen) atoms. The summed E-state index contributed by atoms with van der Waals surface area (Å²) in [5, 5.41) is 14.8. The molecule has 1 saturated heterocycles. The molecule has 0 spiro atoms. The molecule has 1 fully saturated rings. The molecule has 1 heterocycles. The summed E-state index contributed by atoms with van der Waals surface area (Å²) in [5.74, 6) is -3.65. The molecule has 2 rings (SSSR count). The van der Waals surface area contributed by atoms with E-state index in [1.54, 1.807) is 0 Å². The second-order valence-corrected chi connectivity index (χ2v) is 5.67. The molecule has 1 aromatic carbocycles. The number of rotatable bonds is 4. The number of nitrogens with zero attached hydrogens (tertiary/aromatic N) is 2. The van der Waals surface area contributed by atoms with E-state index < -0.39 is 11.9 Å². The van der Waals surface area contributed by atoms with Crippen LogP contribution in [0, 0.1) is 0 Å². The summed E-state index contributed by atoms with van der Waals surface area (Å²) >= 11 is 0. The maximum absolute atomic E-state index is 9.10. The molecule has 1 aromatic rings. The number of hydrogen-bond acceptors (Lipinski definition) is 4. The topological polar surface area (TPSA) is 81.1 Å². The van der Waals surface area contributed by atoms with Crippen LogP contribution in [-0.4, -0.2) is 64.2 Å². The lowest BCUT2D eigenvalue weighted by atomic mass is 10.1. The van der Waals surface area contributed by atoms with E-state index in [0.717, 1.165) is 12.6 Å². The van der Waals surface area contributed by atoms with Crippen LogP contribution >= 0.6 is 0 Å². The number of carboxylic acid groups (broad SMARTS) is 2. The molecule has 6 nitrogen and oxygen atoms in total. The standard InChI is InChI=1S/C15H24N2.C2H2O4/c1-3-14(2)17-11-9-16(10-12-17)13-15-7-5-4-6-8-15;3-1(4)2(5)6/h4-8,14H,3,9-13H2,1-2H3;(H,3,4)(H,5,6). The van der Waals surface area contributed by atoms with Crippen LogP contribution in [-0.2, 0) is 16.1 Å². The Morgan fingerprint density at radius 3 is 2.00 bits per heavy atom. The molecule has 1 unspecified atom stereocenters. The summed E-state index contributed by atoms with van der Waals surface area (Å²) in [6, 6.07) is 11.5. The zero-order valence-electron chi connectivity index (χ0n) is 13.8. The first-order valence-electron chi connectivity index (χ1n) is 7.90. The lowest BCUT2D eigenvalue weighted by Crippen LogP contribution is -2.48. The van der Waals surface area contributed by atoms with Crippen LogP contribution < -0.4 is 0 Å². The highest BCUT2D eigenvalue weighted by atomic mass is 16.4. The van der Waals surface area contributed by atoms with Crippen molar-refractivity contribution in [3.8, 4) is 0 Å². The van der Waals surface area contributed by atoms with E-state index in [1.165, 1.54) is 38.2 Å². The third kappa shape index (κ3) is 7.25. The summed E-state index contributed by atoms with van der Waals surface area (Å²) < 4.78 is 0. The molecule has 0 radical (unpaired) electrons. The average molecular weight is 322 g/mol. The Balaban J connectivity index is 0.000000379. The van der Waals surface area contributed by atoms with Crippen molar-refractivity contribution in [3.05, 3.63) is 35.9 Å². The molecule has 128 valence electrons. The first-order valence-corrected chi connectivity index (χ1v) is 7.90. The van der Waals surface area contributed by atoms with Crippen LogP contribution in [0.4, 0.5) is 0 Å². The van der Waals surface area contributed by atoms with Gasteiger partial charge in [-0.25, -0.2) is 9.59 Å². The van der Waals surface area contributed by atoms with E-state index in [4.69, 9.17) is 19.8 Å². The van der Waals surface area contributed by atoms with Gasteiger partial charge in [0.1, 0.15) is 0 Å². The number of piperazine rings is 1. The van der Waals surface area contributed by atoms with Crippen LogP contribution in [0.3, 0.4) is 0 Å². The van der Waals surface area contributed by atoms with Crippen molar-refractivity contribution in [1.82, 2.24) is 9.80 Å². The predicted octanol–water partition coefficient (Wildman–Crippen LogP) is 1.76. The third-order valence-corrected chi connectivity index (χ3v) is 4.05. The van der Waals surface area contributed by atoms with E-state index in [2.05, 4.69) is 54.0 Å². The fourth-order valence-electron chi connectivity index (χ4n) is 2.46. The molecule has 0 amide bonds. The molecule has 1 aliphatic rings. The van der Waals surface area contributed by atoms with Crippen molar-refractivity contribution in [3.63, 3.8) is 0 Å². The minimum absolute atomic E-state index is 0.744. The van der Waals surface area contributed by atoms with E-state index in [0.29, 0.717) is 0 Å². The SMILES string of the molecule is CCC(C)N1CCN(Cc2ccccc2)CC1.O=C(O)C(=O)O. The van der Waals surface area contributed by atoms with Gasteiger partial charge in [-0.3, -0.25) is 9.80 Å². The monoisotopic (exact) mass is 322 g/mol. The van der Waals surface area contributed by atoms with E-state index in [1.807, 2.05) is 0 Å². The van der Waals surface area contributed by atoms with Crippen molar-refractivity contribution >= 4 is 11.9 Å². The van der Waals surface area contributed by atoms with Gasteiger partial charge in [-0.1, -0.05) is 37.3 Å². The molecular formula is C17H26N2O4. The molecule has 2 N–H and O–H groups in total. The van der Waals surface area contributed by atoms with Crippen LogP contribution in [0.5, 0.6) is 0 Å². The molecule has 0 bridgehead atoms. The van der Waals surface area contributed by atoms with Crippen LogP contribution in [0.15, 0.2) is 30.3 Å². The van der Waals surface area contributed by atoms with Crippen LogP contribution in [0.25, 0.3) is 0 Å². The van der Waals surface area contributed by atoms with Gasteiger partial charge in [0.25, 0.3) is 0 Å². The summed E-state index contributed by atoms with van der Waals surface area (Å²) in [7, 11) is 0. The third-order valence-electron chi connectivity index (χ3n) is 4.05. The highest BCUT2D eigenvalue weighted by Gasteiger charge is 2.19. The molecule has 1 atom stereocenters. The number of carbonyl (C=O) groups is 2. The normalized spacial score (nSPS) is 17.0. The van der Waals surface area contributed by atoms with Gasteiger partial charge >= 0.3 is 11.9 Å². The van der Waals surface area contributed by atoms with Gasteiger partial charge in [0.15, 0.2) is 0 Å². The minimum atomic E-state index is -1.82. The van der Waals surface area contributed by atoms with Gasteiger partial charge < -0.3 is 10.2 Å². The van der Waals surface area contributed by atoms with Gasteiger partial charge in [-0.2, -0.15) is 0 Å². The van der Waals surface area contributed by atoms with Gasteiger partial charge in [0, 0.05) is 38.8 Å². The fourth-order valence-corrected chi connectivity index (χ4v) is 2.46. The first-order chi connectivity index (χ1) is 10.9. The molecular weight excluding hydrogens is 296 g/mol. The van der Waals surface area contributed by atoms with Crippen LogP contribution in [0.1, 0.15) is 25.8 Å². The summed E-state index contributed by atoms with van der Waals surface area (Å²) in [5.41, 5.74) is 1.43. The molecule has 6 heteroatoms. The van der Waals surface area contributed by atoms with Gasteiger partial charge in [0.2, 0.25) is 0 Å². The van der Waals surface area contributed by atoms with Gasteiger partial charge in [0.05, 0.1) is 0 Å². The Bertz CT molecular complexity index is 473. The molecule has 0 aliphatic carbocycles. The Labute approximate surface area is 137 Å². The maximum atomic E-state index is 9.10. The second kappa shape index (κ2) is 9.97. The Morgan fingerprint density at radius 1 is 1.04 bits per heavy atom. The first kappa shape index (κ1) is 19.1. The zero-order chi connectivity index (χ0) is 17.2. The van der Waals surface area contributed by atoms with Crippen molar-refractivity contribution in [1.29, 1.82) is 0 Å². The number of hydrogen-bond donors (Lipinski definition) is 2. The maximum Gasteiger partial charge on any atom is 0.414 e. The smallest absolute Gasteiger partial charge is 0.414 e. The van der Waals surface area contributed by atoms with Crippen molar-refractivity contribution in [2.75, 3.05) is 26.2 Å². The number of carboxylic acids is 2. The lowest BCUT2D eigenvalue weighted by Gasteiger charge is -2.37. The summed E-state index contributed by atoms with van der Waals surface area (Å²) in [6.45, 7) is 10.6. The Kier molecular flexibility index (Phi) is 8.29. The molecule has 0 saturated carbocycles. The largest absolute Gasteiger partial charge is 0.473 e. The predicted molar refractivity (Wildman–Crippen MR) is 88.3 cm³/mol. The number of aliphatic carboxylic acids is 2. The van der Waals surface area contributed by atoms with Crippen molar-refractivity contribution < 1.29 is 19.8 Å². The highest BCUT2D eigenvalue weighted by Crippen LogP contribution is 2.11. The Morgan fingerprint density at radius 2 is 1.57 bits per heavy atom. The van der Waals surface area contributed by atoms with Gasteiger partial charge in [-0.05, 0) is 18.9 Å². The quantitative estimate of drug-likeness (QED) is 0.822. The fraction of sp³-hybridized carbons (Fsp3) is 0.529. The second-order valence-electron chi connectivity index (χ2n) is 5.67. The van der Waals surface area contributed by atoms with Crippen molar-refractivity contribution in [2.45, 2.75) is 32.9 Å². The van der Waals surface area contributed by atoms with Crippen molar-refractivity contribution in [2.24, 2.45) is 0 Å².